The van der Waals surface area contributed by atoms with Crippen LogP contribution < -0.4 is 9.47 Å². The molecule has 33 heavy (non-hydrogen) atoms. The summed E-state index contributed by atoms with van der Waals surface area (Å²) in [5.74, 6) is 0.609. The minimum absolute atomic E-state index is 0.260. The molecule has 0 radical (unpaired) electrons. The van der Waals surface area contributed by atoms with Gasteiger partial charge in [0.25, 0.3) is 0 Å². The van der Waals surface area contributed by atoms with Gasteiger partial charge in [-0.15, -0.1) is 0 Å². The Kier molecular flexibility index (Phi) is 7.60. The van der Waals surface area contributed by atoms with Crippen LogP contribution in [0.2, 0.25) is 0 Å². The molecule has 1 heterocycles. The molecular formula is C27H29NO5. The van der Waals surface area contributed by atoms with Gasteiger partial charge < -0.3 is 19.3 Å². The lowest BCUT2D eigenvalue weighted by atomic mass is 10.00. The zero-order chi connectivity index (χ0) is 23.0. The number of ether oxygens (including phenoxy) is 3. The van der Waals surface area contributed by atoms with Gasteiger partial charge in [0.05, 0.1) is 25.9 Å². The van der Waals surface area contributed by atoms with Gasteiger partial charge in [-0.25, -0.2) is 4.79 Å². The first-order valence-electron chi connectivity index (χ1n) is 11.1. The number of nitrogens with zero attached hydrogens (tertiary/aromatic N) is 1. The van der Waals surface area contributed by atoms with Crippen molar-refractivity contribution in [3.05, 3.63) is 94.5 Å². The number of carboxylic acid groups (broad SMARTS) is 1. The van der Waals surface area contributed by atoms with Crippen molar-refractivity contribution < 1.29 is 24.1 Å². The molecule has 1 N–H and O–H groups in total. The predicted octanol–water partition coefficient (Wildman–Crippen LogP) is 4.40. The van der Waals surface area contributed by atoms with Crippen LogP contribution in [-0.4, -0.2) is 49.5 Å². The van der Waals surface area contributed by atoms with Crippen molar-refractivity contribution in [1.82, 2.24) is 4.90 Å². The molecule has 0 unspecified atom stereocenters. The average molecular weight is 448 g/mol. The summed E-state index contributed by atoms with van der Waals surface area (Å²) in [6, 6.07) is 21.6. The average Bonchev–Trinajstić information content (AvgIpc) is 2.81. The van der Waals surface area contributed by atoms with Gasteiger partial charge in [-0.3, -0.25) is 4.90 Å². The second-order valence-electron chi connectivity index (χ2n) is 8.15. The molecule has 6 heteroatoms. The lowest BCUT2D eigenvalue weighted by Crippen LogP contribution is -2.27. The van der Waals surface area contributed by atoms with Crippen LogP contribution in [-0.2, 0) is 24.2 Å². The molecule has 4 rings (SSSR count). The highest BCUT2D eigenvalue weighted by Gasteiger charge is 2.13. The summed E-state index contributed by atoms with van der Waals surface area (Å²) in [6.07, 6.45) is 0.598. The summed E-state index contributed by atoms with van der Waals surface area (Å²) in [5.41, 5.74) is 4.62. The first kappa shape index (κ1) is 22.8. The van der Waals surface area contributed by atoms with Gasteiger partial charge in [0, 0.05) is 26.1 Å². The monoisotopic (exact) mass is 447 g/mol. The van der Waals surface area contributed by atoms with Crippen LogP contribution in [0.25, 0.3) is 0 Å². The summed E-state index contributed by atoms with van der Waals surface area (Å²) >= 11 is 0. The quantitative estimate of drug-likeness (QED) is 0.640. The van der Waals surface area contributed by atoms with Crippen LogP contribution in [0, 0.1) is 0 Å². The van der Waals surface area contributed by atoms with Gasteiger partial charge in [0.1, 0.15) is 18.1 Å². The number of rotatable bonds is 4. The van der Waals surface area contributed by atoms with Crippen LogP contribution in [0.5, 0.6) is 11.5 Å². The molecule has 0 amide bonds. The highest BCUT2D eigenvalue weighted by Crippen LogP contribution is 2.25. The lowest BCUT2D eigenvalue weighted by molar-refractivity contribution is 0.0695. The molecule has 6 nitrogen and oxygen atoms in total. The normalized spacial score (nSPS) is 15.1. The van der Waals surface area contributed by atoms with E-state index in [9.17, 15) is 9.90 Å². The number of carboxylic acids is 1. The standard InChI is InChI=1S/C27H29NO5/c1-31-25-7-3-6-22(16-25)19-28-10-11-32-12-13-33-26-9-8-23(27(29)30)17-24(26)15-20-4-2-5-21(14-20)18-28/h2-9,14,16-17H,10-13,15,18-19H2,1H3,(H,29,30). The molecule has 0 aromatic heterocycles. The van der Waals surface area contributed by atoms with Crippen molar-refractivity contribution in [2.45, 2.75) is 19.5 Å². The van der Waals surface area contributed by atoms with E-state index < -0.39 is 5.97 Å². The van der Waals surface area contributed by atoms with Gasteiger partial charge in [0.2, 0.25) is 0 Å². The van der Waals surface area contributed by atoms with Crippen LogP contribution in [0.15, 0.2) is 66.7 Å². The summed E-state index contributed by atoms with van der Waals surface area (Å²) in [5, 5.41) is 9.41. The van der Waals surface area contributed by atoms with E-state index in [1.165, 1.54) is 11.1 Å². The zero-order valence-corrected chi connectivity index (χ0v) is 18.8. The van der Waals surface area contributed by atoms with Crippen LogP contribution in [0.4, 0.5) is 0 Å². The molecule has 3 aromatic carbocycles. The number of benzene rings is 3. The van der Waals surface area contributed by atoms with E-state index in [1.807, 2.05) is 12.1 Å². The molecule has 0 atom stereocenters. The fraction of sp³-hybridized carbons (Fsp3) is 0.296. The Balaban J connectivity index is 1.59. The zero-order valence-electron chi connectivity index (χ0n) is 18.8. The maximum Gasteiger partial charge on any atom is 0.335 e. The van der Waals surface area contributed by atoms with Crippen molar-refractivity contribution in [3.8, 4) is 11.5 Å². The molecule has 0 spiro atoms. The summed E-state index contributed by atoms with van der Waals surface area (Å²) < 4.78 is 17.2. The van der Waals surface area contributed by atoms with Crippen molar-refractivity contribution >= 4 is 5.97 Å². The predicted molar refractivity (Wildman–Crippen MR) is 126 cm³/mol. The third-order valence-corrected chi connectivity index (χ3v) is 5.68. The van der Waals surface area contributed by atoms with Gasteiger partial charge in [0.15, 0.2) is 0 Å². The Morgan fingerprint density at radius 1 is 1.00 bits per heavy atom. The molecule has 0 fully saturated rings. The summed E-state index contributed by atoms with van der Waals surface area (Å²) in [4.78, 5) is 13.8. The molecule has 2 bridgehead atoms. The van der Waals surface area contributed by atoms with Crippen molar-refractivity contribution in [1.29, 1.82) is 0 Å². The number of hydrogen-bond donors (Lipinski definition) is 1. The topological polar surface area (TPSA) is 68.2 Å². The van der Waals surface area contributed by atoms with Crippen LogP contribution in [0.1, 0.15) is 32.6 Å². The minimum atomic E-state index is -0.942. The minimum Gasteiger partial charge on any atom is -0.497 e. The molecule has 0 aliphatic carbocycles. The molecular weight excluding hydrogens is 418 g/mol. The number of methoxy groups -OCH3 is 1. The third-order valence-electron chi connectivity index (χ3n) is 5.68. The van der Waals surface area contributed by atoms with Crippen LogP contribution in [0.3, 0.4) is 0 Å². The molecule has 3 aromatic rings. The molecule has 1 aliphatic rings. The first-order chi connectivity index (χ1) is 16.1. The van der Waals surface area contributed by atoms with Crippen LogP contribution >= 0.6 is 0 Å². The molecule has 172 valence electrons. The Labute approximate surface area is 194 Å². The number of fused-ring (bicyclic) bond motifs is 3. The fourth-order valence-electron chi connectivity index (χ4n) is 4.06. The fourth-order valence-corrected chi connectivity index (χ4v) is 4.06. The summed E-state index contributed by atoms with van der Waals surface area (Å²) in [6.45, 7) is 3.84. The second kappa shape index (κ2) is 11.0. The van der Waals surface area contributed by atoms with E-state index in [0.29, 0.717) is 32.0 Å². The lowest BCUT2D eigenvalue weighted by Gasteiger charge is -2.23. The molecule has 0 saturated carbocycles. The summed E-state index contributed by atoms with van der Waals surface area (Å²) in [7, 11) is 1.68. The van der Waals surface area contributed by atoms with E-state index in [-0.39, 0.29) is 5.56 Å². The second-order valence-corrected chi connectivity index (χ2v) is 8.15. The highest BCUT2D eigenvalue weighted by molar-refractivity contribution is 5.88. The van der Waals surface area contributed by atoms with Gasteiger partial charge in [-0.1, -0.05) is 36.4 Å². The van der Waals surface area contributed by atoms with Crippen molar-refractivity contribution in [3.63, 3.8) is 0 Å². The van der Waals surface area contributed by atoms with E-state index in [4.69, 9.17) is 14.2 Å². The van der Waals surface area contributed by atoms with E-state index >= 15 is 0 Å². The molecule has 0 saturated heterocycles. The SMILES string of the molecule is COc1cccc(CN2CCOCCOc3ccc(C(=O)O)cc3Cc3cccc(c3)C2)c1. The van der Waals surface area contributed by atoms with Gasteiger partial charge >= 0.3 is 5.97 Å². The van der Waals surface area contributed by atoms with Crippen molar-refractivity contribution in [2.75, 3.05) is 33.5 Å². The van der Waals surface area contributed by atoms with E-state index in [1.54, 1.807) is 25.3 Å². The van der Waals surface area contributed by atoms with E-state index in [0.717, 1.165) is 36.5 Å². The Morgan fingerprint density at radius 2 is 1.85 bits per heavy atom. The molecule has 1 aliphatic heterocycles. The Bertz CT molecular complexity index is 1100. The number of carbonyl (C=O) groups is 1. The maximum atomic E-state index is 11.5. The van der Waals surface area contributed by atoms with E-state index in [2.05, 4.69) is 41.3 Å². The van der Waals surface area contributed by atoms with Crippen molar-refractivity contribution in [2.24, 2.45) is 0 Å². The number of hydrogen-bond acceptors (Lipinski definition) is 5. The maximum absolute atomic E-state index is 11.5. The van der Waals surface area contributed by atoms with Gasteiger partial charge in [-0.05, 0) is 52.6 Å². The highest BCUT2D eigenvalue weighted by atomic mass is 16.5. The first-order valence-corrected chi connectivity index (χ1v) is 11.1. The third kappa shape index (κ3) is 6.34. The Hall–Kier alpha value is -3.35. The Morgan fingerprint density at radius 3 is 2.70 bits per heavy atom. The largest absolute Gasteiger partial charge is 0.497 e. The van der Waals surface area contributed by atoms with Gasteiger partial charge in [-0.2, -0.15) is 0 Å². The smallest absolute Gasteiger partial charge is 0.335 e. The number of aromatic carboxylic acids is 1.